The minimum atomic E-state index is -3.53. The molecule has 6 heteroatoms. The van der Waals surface area contributed by atoms with Gasteiger partial charge in [-0.25, -0.2) is 12.8 Å². The van der Waals surface area contributed by atoms with Crippen LogP contribution in [0.1, 0.15) is 0 Å². The topological polar surface area (TPSA) is 37.4 Å². The van der Waals surface area contributed by atoms with Gasteiger partial charge in [0.25, 0.3) is 10.0 Å². The zero-order valence-electron chi connectivity index (χ0n) is 9.00. The molecule has 0 amide bonds. The highest BCUT2D eigenvalue weighted by Crippen LogP contribution is 2.24. The van der Waals surface area contributed by atoms with E-state index in [1.165, 1.54) is 31.3 Å². The van der Waals surface area contributed by atoms with Crippen LogP contribution in [-0.4, -0.2) is 15.5 Å². The molecule has 17 heavy (non-hydrogen) atoms. The molecule has 0 spiro atoms. The molecule has 0 saturated carbocycles. The SMILES string of the molecule is CN(c1ccc(F)cc1)S(=O)(=O)c1cccs1. The standard InChI is InChI=1S/C11H10FNO2S2/c1-13(10-6-4-9(12)5-7-10)17(14,15)11-3-2-8-16-11/h2-8H,1H3. The number of benzene rings is 1. The van der Waals surface area contributed by atoms with Crippen molar-refractivity contribution in [2.24, 2.45) is 0 Å². The Balaban J connectivity index is 2.38. The summed E-state index contributed by atoms with van der Waals surface area (Å²) >= 11 is 1.15. The molecule has 0 N–H and O–H groups in total. The monoisotopic (exact) mass is 271 g/mol. The molecule has 3 nitrogen and oxygen atoms in total. The van der Waals surface area contributed by atoms with Gasteiger partial charge in [0.1, 0.15) is 10.0 Å². The lowest BCUT2D eigenvalue weighted by Gasteiger charge is -2.18. The molecule has 1 heterocycles. The maximum Gasteiger partial charge on any atom is 0.273 e. The highest BCUT2D eigenvalue weighted by molar-refractivity contribution is 7.94. The predicted molar refractivity (Wildman–Crippen MR) is 66.3 cm³/mol. The van der Waals surface area contributed by atoms with Gasteiger partial charge in [0, 0.05) is 7.05 Å². The van der Waals surface area contributed by atoms with Gasteiger partial charge in [-0.05, 0) is 35.7 Å². The van der Waals surface area contributed by atoms with E-state index in [4.69, 9.17) is 0 Å². The molecule has 0 bridgehead atoms. The van der Waals surface area contributed by atoms with Crippen LogP contribution < -0.4 is 4.31 Å². The van der Waals surface area contributed by atoms with Crippen LogP contribution in [0.4, 0.5) is 10.1 Å². The number of halogens is 1. The van der Waals surface area contributed by atoms with E-state index in [0.717, 1.165) is 15.6 Å². The Labute approximate surface area is 103 Å². The average molecular weight is 271 g/mol. The molecule has 1 aromatic carbocycles. The van der Waals surface area contributed by atoms with Gasteiger partial charge in [0.2, 0.25) is 0 Å². The Morgan fingerprint density at radius 2 is 1.82 bits per heavy atom. The first-order valence-electron chi connectivity index (χ1n) is 4.80. The normalized spacial score (nSPS) is 11.4. The highest BCUT2D eigenvalue weighted by Gasteiger charge is 2.21. The summed E-state index contributed by atoms with van der Waals surface area (Å²) < 4.78 is 38.4. The van der Waals surface area contributed by atoms with Crippen LogP contribution in [0, 0.1) is 5.82 Å². The van der Waals surface area contributed by atoms with E-state index in [2.05, 4.69) is 0 Å². The maximum absolute atomic E-state index is 12.8. The molecule has 90 valence electrons. The summed E-state index contributed by atoms with van der Waals surface area (Å²) in [6.07, 6.45) is 0. The van der Waals surface area contributed by atoms with Crippen LogP contribution in [0.2, 0.25) is 0 Å². The molecule has 0 fully saturated rings. The largest absolute Gasteiger partial charge is 0.273 e. The summed E-state index contributed by atoms with van der Waals surface area (Å²) in [5.41, 5.74) is 0.430. The Morgan fingerprint density at radius 3 is 2.35 bits per heavy atom. The van der Waals surface area contributed by atoms with E-state index in [0.29, 0.717) is 5.69 Å². The van der Waals surface area contributed by atoms with Crippen LogP contribution >= 0.6 is 11.3 Å². The minimum absolute atomic E-state index is 0.268. The Kier molecular flexibility index (Phi) is 3.17. The predicted octanol–water partition coefficient (Wildman–Crippen LogP) is 2.71. The molecule has 0 radical (unpaired) electrons. The van der Waals surface area contributed by atoms with Crippen LogP contribution in [0.25, 0.3) is 0 Å². The van der Waals surface area contributed by atoms with Crippen molar-refractivity contribution in [1.29, 1.82) is 0 Å². The van der Waals surface area contributed by atoms with Gasteiger partial charge in [0.15, 0.2) is 0 Å². The van der Waals surface area contributed by atoms with Crippen molar-refractivity contribution >= 4 is 27.0 Å². The van der Waals surface area contributed by atoms with Gasteiger partial charge in [0.05, 0.1) is 5.69 Å². The molecule has 0 unspecified atom stereocenters. The fourth-order valence-electron chi connectivity index (χ4n) is 1.34. The third kappa shape index (κ3) is 2.32. The second-order valence-corrected chi connectivity index (χ2v) is 6.52. The summed E-state index contributed by atoms with van der Waals surface area (Å²) in [4.78, 5) is 0. The first-order chi connectivity index (χ1) is 8.01. The van der Waals surface area contributed by atoms with E-state index in [1.54, 1.807) is 17.5 Å². The lowest BCUT2D eigenvalue weighted by molar-refractivity contribution is 0.596. The molecule has 2 rings (SSSR count). The maximum atomic E-state index is 12.8. The van der Waals surface area contributed by atoms with Crippen molar-refractivity contribution in [3.63, 3.8) is 0 Å². The van der Waals surface area contributed by atoms with E-state index < -0.39 is 15.8 Å². The zero-order chi connectivity index (χ0) is 12.5. The Morgan fingerprint density at radius 1 is 1.18 bits per heavy atom. The van der Waals surface area contributed by atoms with Crippen LogP contribution in [0.3, 0.4) is 0 Å². The summed E-state index contributed by atoms with van der Waals surface area (Å²) in [6, 6.07) is 8.54. The van der Waals surface area contributed by atoms with Gasteiger partial charge in [-0.3, -0.25) is 4.31 Å². The van der Waals surface area contributed by atoms with Crippen molar-refractivity contribution < 1.29 is 12.8 Å². The lowest BCUT2D eigenvalue weighted by Crippen LogP contribution is -2.25. The quantitative estimate of drug-likeness (QED) is 0.860. The average Bonchev–Trinajstić information content (AvgIpc) is 2.83. The molecule has 1 aromatic heterocycles. The van der Waals surface area contributed by atoms with Crippen molar-refractivity contribution in [2.75, 3.05) is 11.4 Å². The molecular weight excluding hydrogens is 261 g/mol. The van der Waals surface area contributed by atoms with Crippen molar-refractivity contribution in [3.8, 4) is 0 Å². The van der Waals surface area contributed by atoms with Crippen LogP contribution in [-0.2, 0) is 10.0 Å². The molecular formula is C11H10FNO2S2. The van der Waals surface area contributed by atoms with Crippen LogP contribution in [0.15, 0.2) is 46.0 Å². The third-order valence-corrected chi connectivity index (χ3v) is 5.46. The summed E-state index contributed by atoms with van der Waals surface area (Å²) in [5, 5.41) is 1.70. The lowest BCUT2D eigenvalue weighted by atomic mass is 10.3. The number of hydrogen-bond donors (Lipinski definition) is 0. The second kappa shape index (κ2) is 4.46. The first-order valence-corrected chi connectivity index (χ1v) is 7.12. The molecule has 0 aliphatic rings. The zero-order valence-corrected chi connectivity index (χ0v) is 10.6. The first kappa shape index (κ1) is 12.1. The van der Waals surface area contributed by atoms with Gasteiger partial charge in [-0.15, -0.1) is 11.3 Å². The smallest absolute Gasteiger partial charge is 0.269 e. The van der Waals surface area contributed by atoms with Crippen LogP contribution in [0.5, 0.6) is 0 Å². The van der Waals surface area contributed by atoms with Gasteiger partial charge < -0.3 is 0 Å². The van der Waals surface area contributed by atoms with E-state index in [-0.39, 0.29) is 4.21 Å². The summed E-state index contributed by atoms with van der Waals surface area (Å²) in [7, 11) is -2.09. The summed E-state index contributed by atoms with van der Waals surface area (Å²) in [6.45, 7) is 0. The molecule has 2 aromatic rings. The molecule has 0 saturated heterocycles. The highest BCUT2D eigenvalue weighted by atomic mass is 32.2. The minimum Gasteiger partial charge on any atom is -0.269 e. The Hall–Kier alpha value is -1.40. The van der Waals surface area contributed by atoms with Crippen molar-refractivity contribution in [2.45, 2.75) is 4.21 Å². The fourth-order valence-corrected chi connectivity index (χ4v) is 3.69. The molecule has 0 aliphatic carbocycles. The summed E-state index contributed by atoms with van der Waals surface area (Å²) in [5.74, 6) is -0.393. The van der Waals surface area contributed by atoms with Crippen molar-refractivity contribution in [3.05, 3.63) is 47.6 Å². The number of hydrogen-bond acceptors (Lipinski definition) is 3. The number of nitrogens with zero attached hydrogens (tertiary/aromatic N) is 1. The third-order valence-electron chi connectivity index (χ3n) is 2.30. The Bertz CT molecular complexity index is 591. The van der Waals surface area contributed by atoms with E-state index in [9.17, 15) is 12.8 Å². The van der Waals surface area contributed by atoms with Gasteiger partial charge in [-0.1, -0.05) is 6.07 Å². The number of thiophene rings is 1. The van der Waals surface area contributed by atoms with E-state index in [1.807, 2.05) is 0 Å². The van der Waals surface area contributed by atoms with E-state index >= 15 is 0 Å². The number of anilines is 1. The number of rotatable bonds is 3. The fraction of sp³-hybridized carbons (Fsp3) is 0.0909. The molecule has 0 atom stereocenters. The van der Waals surface area contributed by atoms with Crippen molar-refractivity contribution in [1.82, 2.24) is 0 Å². The molecule has 0 aliphatic heterocycles. The van der Waals surface area contributed by atoms with Gasteiger partial charge in [-0.2, -0.15) is 0 Å². The number of sulfonamides is 1. The van der Waals surface area contributed by atoms with Gasteiger partial charge >= 0.3 is 0 Å². The second-order valence-electron chi connectivity index (χ2n) is 3.38.